The van der Waals surface area contributed by atoms with Crippen molar-refractivity contribution in [1.82, 2.24) is 20.4 Å². The number of aromatic nitrogens is 2. The van der Waals surface area contributed by atoms with Gasteiger partial charge in [0.05, 0.1) is 0 Å². The lowest BCUT2D eigenvalue weighted by Gasteiger charge is -2.09. The fraction of sp³-hybridized carbons (Fsp3) is 0.667. The molecule has 0 radical (unpaired) electrons. The first-order chi connectivity index (χ1) is 8.38. The molecule has 1 aliphatic carbocycles. The molecule has 1 aromatic heterocycles. The molecule has 1 heterocycles. The molecule has 2 N–H and O–H groups in total. The minimum absolute atomic E-state index is 0.652. The van der Waals surface area contributed by atoms with Crippen LogP contribution in [0.2, 0.25) is 0 Å². The van der Waals surface area contributed by atoms with E-state index in [1.54, 1.807) is 0 Å². The van der Waals surface area contributed by atoms with E-state index in [2.05, 4.69) is 27.6 Å². The van der Waals surface area contributed by atoms with Gasteiger partial charge in [-0.25, -0.2) is 0 Å². The van der Waals surface area contributed by atoms with Gasteiger partial charge in [-0.05, 0) is 32.3 Å². The minimum Gasteiger partial charge on any atom is -0.357 e. The van der Waals surface area contributed by atoms with Crippen LogP contribution in [0.15, 0.2) is 23.5 Å². The summed E-state index contributed by atoms with van der Waals surface area (Å²) in [6, 6.07) is 2.60. The lowest BCUT2D eigenvalue weighted by Crippen LogP contribution is -2.38. The Hall–Kier alpha value is -1.52. The van der Waals surface area contributed by atoms with Gasteiger partial charge in [0, 0.05) is 38.1 Å². The van der Waals surface area contributed by atoms with Gasteiger partial charge in [-0.2, -0.15) is 5.10 Å². The highest BCUT2D eigenvalue weighted by Crippen LogP contribution is 2.18. The first kappa shape index (κ1) is 12.0. The van der Waals surface area contributed by atoms with Crippen molar-refractivity contribution in [1.29, 1.82) is 0 Å². The smallest absolute Gasteiger partial charge is 0.191 e. The average Bonchev–Trinajstić information content (AvgIpc) is 2.98. The van der Waals surface area contributed by atoms with Gasteiger partial charge in [0.15, 0.2) is 5.96 Å². The summed E-state index contributed by atoms with van der Waals surface area (Å²) in [5.74, 6) is 0.954. The van der Waals surface area contributed by atoms with Crippen molar-refractivity contribution in [3.05, 3.63) is 18.5 Å². The molecule has 0 amide bonds. The summed E-state index contributed by atoms with van der Waals surface area (Å²) in [5.41, 5.74) is 0. The largest absolute Gasteiger partial charge is 0.357 e. The van der Waals surface area contributed by atoms with Gasteiger partial charge in [0.2, 0.25) is 0 Å². The van der Waals surface area contributed by atoms with Crippen molar-refractivity contribution in [2.75, 3.05) is 13.1 Å². The molecule has 1 saturated carbocycles. The van der Waals surface area contributed by atoms with Crippen LogP contribution in [0.4, 0.5) is 0 Å². The van der Waals surface area contributed by atoms with Crippen molar-refractivity contribution in [2.24, 2.45) is 4.99 Å². The van der Waals surface area contributed by atoms with Crippen LogP contribution in [0.3, 0.4) is 0 Å². The van der Waals surface area contributed by atoms with Crippen molar-refractivity contribution >= 4 is 5.96 Å². The highest BCUT2D eigenvalue weighted by molar-refractivity contribution is 5.80. The molecular weight excluding hydrogens is 214 g/mol. The Morgan fingerprint density at radius 1 is 1.53 bits per heavy atom. The second kappa shape index (κ2) is 6.27. The van der Waals surface area contributed by atoms with Gasteiger partial charge in [-0.3, -0.25) is 9.67 Å². The van der Waals surface area contributed by atoms with Gasteiger partial charge in [0.25, 0.3) is 0 Å². The monoisotopic (exact) mass is 235 g/mol. The number of guanidine groups is 1. The van der Waals surface area contributed by atoms with Crippen LogP contribution in [-0.4, -0.2) is 34.9 Å². The molecule has 0 bridgehead atoms. The summed E-state index contributed by atoms with van der Waals surface area (Å²) in [6.45, 7) is 4.77. The Bertz CT molecular complexity index is 340. The fourth-order valence-electron chi connectivity index (χ4n) is 1.60. The van der Waals surface area contributed by atoms with Crippen molar-refractivity contribution in [3.63, 3.8) is 0 Å². The van der Waals surface area contributed by atoms with Gasteiger partial charge in [0.1, 0.15) is 0 Å². The van der Waals surface area contributed by atoms with Crippen LogP contribution < -0.4 is 10.6 Å². The lowest BCUT2D eigenvalue weighted by molar-refractivity contribution is 0.584. The van der Waals surface area contributed by atoms with E-state index < -0.39 is 0 Å². The molecule has 1 fully saturated rings. The number of rotatable bonds is 6. The molecule has 0 aromatic carbocycles. The lowest BCUT2D eigenvalue weighted by atomic mass is 10.4. The van der Waals surface area contributed by atoms with Crippen molar-refractivity contribution < 1.29 is 0 Å². The molecule has 5 nitrogen and oxygen atoms in total. The van der Waals surface area contributed by atoms with Crippen LogP contribution in [-0.2, 0) is 6.54 Å². The molecule has 17 heavy (non-hydrogen) atoms. The minimum atomic E-state index is 0.652. The molecule has 5 heteroatoms. The van der Waals surface area contributed by atoms with E-state index in [-0.39, 0.29) is 0 Å². The number of aryl methyl sites for hydroxylation is 1. The summed E-state index contributed by atoms with van der Waals surface area (Å²) in [6.07, 6.45) is 7.36. The Morgan fingerprint density at radius 3 is 3.06 bits per heavy atom. The normalized spacial score (nSPS) is 15.9. The molecular formula is C12H21N5. The van der Waals surface area contributed by atoms with E-state index in [0.717, 1.165) is 32.0 Å². The highest BCUT2D eigenvalue weighted by atomic mass is 15.3. The third kappa shape index (κ3) is 4.46. The topological polar surface area (TPSA) is 54.2 Å². The molecule has 94 valence electrons. The van der Waals surface area contributed by atoms with Crippen LogP contribution in [0, 0.1) is 0 Å². The molecule has 0 aliphatic heterocycles. The molecule has 0 spiro atoms. The first-order valence-electron chi connectivity index (χ1n) is 6.40. The number of aliphatic imine (C=N–C) groups is 1. The van der Waals surface area contributed by atoms with Crippen LogP contribution >= 0.6 is 0 Å². The second-order valence-electron chi connectivity index (χ2n) is 4.30. The van der Waals surface area contributed by atoms with E-state index in [9.17, 15) is 0 Å². The third-order valence-electron chi connectivity index (χ3n) is 2.64. The zero-order valence-corrected chi connectivity index (χ0v) is 10.4. The maximum Gasteiger partial charge on any atom is 0.191 e. The van der Waals surface area contributed by atoms with E-state index in [0.29, 0.717) is 6.04 Å². The predicted molar refractivity (Wildman–Crippen MR) is 69.0 cm³/mol. The Morgan fingerprint density at radius 2 is 2.41 bits per heavy atom. The SMILES string of the molecule is CCNC(=NCCCn1cccn1)NC1CC1. The highest BCUT2D eigenvalue weighted by Gasteiger charge is 2.21. The zero-order valence-electron chi connectivity index (χ0n) is 10.4. The molecule has 0 saturated heterocycles. The molecule has 0 atom stereocenters. The Balaban J connectivity index is 1.68. The maximum atomic E-state index is 4.55. The van der Waals surface area contributed by atoms with E-state index >= 15 is 0 Å². The molecule has 1 aromatic rings. The second-order valence-corrected chi connectivity index (χ2v) is 4.30. The number of hydrogen-bond acceptors (Lipinski definition) is 2. The molecule has 1 aliphatic rings. The van der Waals surface area contributed by atoms with Gasteiger partial charge < -0.3 is 10.6 Å². The first-order valence-corrected chi connectivity index (χ1v) is 6.40. The fourth-order valence-corrected chi connectivity index (χ4v) is 1.60. The summed E-state index contributed by atoms with van der Waals surface area (Å²) in [4.78, 5) is 4.55. The van der Waals surface area contributed by atoms with Crippen LogP contribution in [0.1, 0.15) is 26.2 Å². The van der Waals surface area contributed by atoms with E-state index in [1.165, 1.54) is 12.8 Å². The number of nitrogens with one attached hydrogen (secondary N) is 2. The van der Waals surface area contributed by atoms with Crippen LogP contribution in [0.25, 0.3) is 0 Å². The van der Waals surface area contributed by atoms with Crippen molar-refractivity contribution in [2.45, 2.75) is 38.8 Å². The Kier molecular flexibility index (Phi) is 4.41. The summed E-state index contributed by atoms with van der Waals surface area (Å²) in [5, 5.41) is 10.8. The summed E-state index contributed by atoms with van der Waals surface area (Å²) in [7, 11) is 0. The van der Waals surface area contributed by atoms with Gasteiger partial charge >= 0.3 is 0 Å². The zero-order chi connectivity index (χ0) is 11.9. The molecule has 0 unspecified atom stereocenters. The number of hydrogen-bond donors (Lipinski definition) is 2. The summed E-state index contributed by atoms with van der Waals surface area (Å²) < 4.78 is 1.94. The van der Waals surface area contributed by atoms with E-state index in [4.69, 9.17) is 0 Å². The van der Waals surface area contributed by atoms with Crippen molar-refractivity contribution in [3.8, 4) is 0 Å². The average molecular weight is 235 g/mol. The van der Waals surface area contributed by atoms with Crippen LogP contribution in [0.5, 0.6) is 0 Å². The van der Waals surface area contributed by atoms with E-state index in [1.807, 2.05) is 23.1 Å². The third-order valence-corrected chi connectivity index (χ3v) is 2.64. The van der Waals surface area contributed by atoms with Gasteiger partial charge in [-0.15, -0.1) is 0 Å². The number of nitrogens with zero attached hydrogens (tertiary/aromatic N) is 3. The van der Waals surface area contributed by atoms with Gasteiger partial charge in [-0.1, -0.05) is 0 Å². The predicted octanol–water partition coefficient (Wildman–Crippen LogP) is 0.991. The Labute approximate surface area is 102 Å². The standard InChI is InChI=1S/C12H21N5/c1-2-13-12(16-11-5-6-11)14-7-3-9-17-10-4-8-15-17/h4,8,10-11H,2-3,5-7,9H2,1H3,(H2,13,14,16). The molecule has 2 rings (SSSR count). The quantitative estimate of drug-likeness (QED) is 0.439. The maximum absolute atomic E-state index is 4.55. The summed E-state index contributed by atoms with van der Waals surface area (Å²) >= 11 is 0.